The lowest BCUT2D eigenvalue weighted by molar-refractivity contribution is -0.127. The molecule has 0 heterocycles. The van der Waals surface area contributed by atoms with Crippen LogP contribution in [0.5, 0.6) is 0 Å². The van der Waals surface area contributed by atoms with Gasteiger partial charge in [0, 0.05) is 6.54 Å². The molecule has 0 aliphatic heterocycles. The number of ether oxygens (including phenoxy) is 2. The van der Waals surface area contributed by atoms with E-state index in [0.717, 1.165) is 0 Å². The van der Waals surface area contributed by atoms with E-state index in [1.165, 1.54) is 0 Å². The van der Waals surface area contributed by atoms with Crippen molar-refractivity contribution < 1.29 is 19.4 Å². The molecule has 0 radical (unpaired) electrons. The van der Waals surface area contributed by atoms with Crippen molar-refractivity contribution in [3.05, 3.63) is 0 Å². The summed E-state index contributed by atoms with van der Waals surface area (Å²) < 4.78 is 10.0. The molecular weight excluding hydrogens is 186 g/mol. The quantitative estimate of drug-likeness (QED) is 0.526. The van der Waals surface area contributed by atoms with Gasteiger partial charge in [-0.25, -0.2) is 0 Å². The number of hydrogen-bond acceptors (Lipinski definition) is 4. The van der Waals surface area contributed by atoms with Crippen LogP contribution in [-0.2, 0) is 14.3 Å². The van der Waals surface area contributed by atoms with Crippen molar-refractivity contribution in [2.45, 2.75) is 20.0 Å². The summed E-state index contributed by atoms with van der Waals surface area (Å²) in [6.45, 7) is 4.99. The standard InChI is InChI=1S/C9H19NO4/c1-8(2)14-7-9(12)10-3-5-13-6-4-11/h8,11H,3-7H2,1-2H3,(H,10,12). The summed E-state index contributed by atoms with van der Waals surface area (Å²) >= 11 is 0. The fourth-order valence-electron chi connectivity index (χ4n) is 0.723. The van der Waals surface area contributed by atoms with Gasteiger partial charge in [-0.3, -0.25) is 4.79 Å². The summed E-state index contributed by atoms with van der Waals surface area (Å²) in [4.78, 5) is 11.0. The Morgan fingerprint density at radius 3 is 2.71 bits per heavy atom. The average Bonchev–Trinajstić information content (AvgIpc) is 2.14. The van der Waals surface area contributed by atoms with Gasteiger partial charge in [-0.15, -0.1) is 0 Å². The minimum absolute atomic E-state index is 0.00437. The van der Waals surface area contributed by atoms with E-state index in [-0.39, 0.29) is 25.2 Å². The fourth-order valence-corrected chi connectivity index (χ4v) is 0.723. The number of aliphatic hydroxyl groups excluding tert-OH is 1. The predicted octanol–water partition coefficient (Wildman–Crippen LogP) is -0.463. The van der Waals surface area contributed by atoms with E-state index >= 15 is 0 Å². The summed E-state index contributed by atoms with van der Waals surface area (Å²) in [6, 6.07) is 0. The van der Waals surface area contributed by atoms with Crippen LogP contribution in [0.25, 0.3) is 0 Å². The Hall–Kier alpha value is -0.650. The van der Waals surface area contributed by atoms with Crippen LogP contribution in [0.3, 0.4) is 0 Å². The lowest BCUT2D eigenvalue weighted by Crippen LogP contribution is -2.31. The molecule has 0 aromatic rings. The Balaban J connectivity index is 3.18. The topological polar surface area (TPSA) is 67.8 Å². The normalized spacial score (nSPS) is 10.6. The zero-order valence-electron chi connectivity index (χ0n) is 8.78. The van der Waals surface area contributed by atoms with Crippen LogP contribution >= 0.6 is 0 Å². The molecule has 2 N–H and O–H groups in total. The molecule has 0 aliphatic carbocycles. The maximum Gasteiger partial charge on any atom is 0.246 e. The van der Waals surface area contributed by atoms with Gasteiger partial charge in [-0.1, -0.05) is 0 Å². The molecule has 0 fully saturated rings. The highest BCUT2D eigenvalue weighted by molar-refractivity contribution is 5.77. The maximum absolute atomic E-state index is 11.0. The lowest BCUT2D eigenvalue weighted by Gasteiger charge is -2.08. The molecule has 0 rings (SSSR count). The second-order valence-electron chi connectivity index (χ2n) is 3.05. The summed E-state index contributed by atoms with van der Waals surface area (Å²) in [5.41, 5.74) is 0. The van der Waals surface area contributed by atoms with Crippen molar-refractivity contribution >= 4 is 5.91 Å². The number of hydrogen-bond donors (Lipinski definition) is 2. The second-order valence-corrected chi connectivity index (χ2v) is 3.05. The van der Waals surface area contributed by atoms with E-state index < -0.39 is 0 Å². The molecule has 0 spiro atoms. The number of carbonyl (C=O) groups is 1. The molecule has 5 heteroatoms. The molecule has 0 bridgehead atoms. The lowest BCUT2D eigenvalue weighted by atomic mass is 10.5. The van der Waals surface area contributed by atoms with Crippen molar-refractivity contribution in [3.63, 3.8) is 0 Å². The third-order valence-corrected chi connectivity index (χ3v) is 1.35. The minimum Gasteiger partial charge on any atom is -0.394 e. The third-order valence-electron chi connectivity index (χ3n) is 1.35. The first-order valence-electron chi connectivity index (χ1n) is 4.73. The Morgan fingerprint density at radius 2 is 2.14 bits per heavy atom. The van der Waals surface area contributed by atoms with Gasteiger partial charge in [0.15, 0.2) is 0 Å². The van der Waals surface area contributed by atoms with E-state index in [4.69, 9.17) is 14.6 Å². The number of rotatable bonds is 8. The monoisotopic (exact) mass is 205 g/mol. The molecule has 0 atom stereocenters. The van der Waals surface area contributed by atoms with Crippen molar-refractivity contribution in [2.75, 3.05) is 33.0 Å². The maximum atomic E-state index is 11.0. The van der Waals surface area contributed by atoms with Gasteiger partial charge in [0.25, 0.3) is 0 Å². The van der Waals surface area contributed by atoms with Gasteiger partial charge in [-0.2, -0.15) is 0 Å². The third kappa shape index (κ3) is 9.44. The SMILES string of the molecule is CC(C)OCC(=O)NCCOCCO. The number of amides is 1. The summed E-state index contributed by atoms with van der Waals surface area (Å²) in [5, 5.41) is 11.0. The van der Waals surface area contributed by atoms with Crippen LogP contribution < -0.4 is 5.32 Å². The van der Waals surface area contributed by atoms with Crippen LogP contribution in [-0.4, -0.2) is 50.1 Å². The van der Waals surface area contributed by atoms with Crippen molar-refractivity contribution in [1.82, 2.24) is 5.32 Å². The number of aliphatic hydroxyl groups is 1. The Morgan fingerprint density at radius 1 is 1.43 bits per heavy atom. The number of nitrogens with one attached hydrogen (secondary N) is 1. The van der Waals surface area contributed by atoms with Crippen molar-refractivity contribution in [1.29, 1.82) is 0 Å². The van der Waals surface area contributed by atoms with Crippen LogP contribution in [0.1, 0.15) is 13.8 Å². The van der Waals surface area contributed by atoms with Gasteiger partial charge in [0.05, 0.1) is 25.9 Å². The van der Waals surface area contributed by atoms with Gasteiger partial charge < -0.3 is 19.9 Å². The molecule has 0 saturated carbocycles. The molecule has 0 unspecified atom stereocenters. The van der Waals surface area contributed by atoms with E-state index in [2.05, 4.69) is 5.32 Å². The van der Waals surface area contributed by atoms with E-state index in [0.29, 0.717) is 19.8 Å². The fraction of sp³-hybridized carbons (Fsp3) is 0.889. The molecule has 0 saturated heterocycles. The zero-order chi connectivity index (χ0) is 10.8. The summed E-state index contributed by atoms with van der Waals surface area (Å²) in [7, 11) is 0. The van der Waals surface area contributed by atoms with Crippen LogP contribution in [0.4, 0.5) is 0 Å². The van der Waals surface area contributed by atoms with Crippen molar-refractivity contribution in [2.24, 2.45) is 0 Å². The largest absolute Gasteiger partial charge is 0.394 e. The van der Waals surface area contributed by atoms with Crippen molar-refractivity contribution in [3.8, 4) is 0 Å². The van der Waals surface area contributed by atoms with E-state index in [1.807, 2.05) is 13.8 Å². The molecule has 5 nitrogen and oxygen atoms in total. The molecule has 1 amide bonds. The highest BCUT2D eigenvalue weighted by atomic mass is 16.5. The molecular formula is C9H19NO4. The van der Waals surface area contributed by atoms with Gasteiger partial charge in [-0.05, 0) is 13.8 Å². The molecule has 14 heavy (non-hydrogen) atoms. The smallest absolute Gasteiger partial charge is 0.246 e. The van der Waals surface area contributed by atoms with E-state index in [1.54, 1.807) is 0 Å². The van der Waals surface area contributed by atoms with Gasteiger partial charge in [0.2, 0.25) is 5.91 Å². The van der Waals surface area contributed by atoms with Crippen LogP contribution in [0.2, 0.25) is 0 Å². The summed E-state index contributed by atoms with van der Waals surface area (Å²) in [5.74, 6) is -0.147. The second kappa shape index (κ2) is 8.93. The Bertz CT molecular complexity index is 150. The first-order chi connectivity index (χ1) is 6.66. The Labute approximate surface area is 84.4 Å². The molecule has 0 aliphatic rings. The van der Waals surface area contributed by atoms with E-state index in [9.17, 15) is 4.79 Å². The van der Waals surface area contributed by atoms with Crippen LogP contribution in [0.15, 0.2) is 0 Å². The number of carbonyl (C=O) groups excluding carboxylic acids is 1. The average molecular weight is 205 g/mol. The first-order valence-corrected chi connectivity index (χ1v) is 4.73. The van der Waals surface area contributed by atoms with Crippen LogP contribution in [0, 0.1) is 0 Å². The molecule has 0 aromatic carbocycles. The minimum atomic E-state index is -0.147. The highest BCUT2D eigenvalue weighted by Crippen LogP contribution is 1.85. The summed E-state index contributed by atoms with van der Waals surface area (Å²) in [6.07, 6.45) is 0.0615. The van der Waals surface area contributed by atoms with Gasteiger partial charge in [0.1, 0.15) is 6.61 Å². The molecule has 0 aromatic heterocycles. The molecule has 84 valence electrons. The predicted molar refractivity (Wildman–Crippen MR) is 52.0 cm³/mol. The highest BCUT2D eigenvalue weighted by Gasteiger charge is 2.01. The zero-order valence-corrected chi connectivity index (χ0v) is 8.78. The first kappa shape index (κ1) is 13.4. The van der Waals surface area contributed by atoms with Gasteiger partial charge >= 0.3 is 0 Å². The Kier molecular flexibility index (Phi) is 8.51.